The van der Waals surface area contributed by atoms with Crippen molar-refractivity contribution < 1.29 is 29.3 Å². The summed E-state index contributed by atoms with van der Waals surface area (Å²) in [5.41, 5.74) is 1.18. The second-order valence-corrected chi connectivity index (χ2v) is 5.12. The molecule has 0 aliphatic heterocycles. The second-order valence-electron chi connectivity index (χ2n) is 5.12. The maximum Gasteiger partial charge on any atom is 0.414 e. The van der Waals surface area contributed by atoms with E-state index in [0.29, 0.717) is 0 Å². The fourth-order valence-corrected chi connectivity index (χ4v) is 1.61. The molecule has 0 amide bonds. The fourth-order valence-electron chi connectivity index (χ4n) is 1.61. The molecule has 7 nitrogen and oxygen atoms in total. The summed E-state index contributed by atoms with van der Waals surface area (Å²) in [6.07, 6.45) is 2.22. The first-order chi connectivity index (χ1) is 10.8. The lowest BCUT2D eigenvalue weighted by Crippen LogP contribution is -2.13. The van der Waals surface area contributed by atoms with Crippen LogP contribution in [0.5, 0.6) is 11.5 Å². The fraction of sp³-hybridized carbons (Fsp3) is 0.500. The zero-order valence-corrected chi connectivity index (χ0v) is 14.0. The van der Waals surface area contributed by atoms with E-state index in [-0.39, 0.29) is 0 Å². The van der Waals surface area contributed by atoms with Crippen LogP contribution in [0.1, 0.15) is 18.4 Å². The summed E-state index contributed by atoms with van der Waals surface area (Å²) in [6, 6.07) is 6.01. The summed E-state index contributed by atoms with van der Waals surface area (Å²) < 4.78 is 11.0. The molecular weight excluding hydrogens is 302 g/mol. The minimum Gasteiger partial charge on any atom is -0.493 e. The third kappa shape index (κ3) is 10.1. The van der Waals surface area contributed by atoms with E-state index < -0.39 is 11.9 Å². The van der Waals surface area contributed by atoms with Crippen LogP contribution in [0.4, 0.5) is 0 Å². The van der Waals surface area contributed by atoms with Crippen molar-refractivity contribution in [3.8, 4) is 11.5 Å². The van der Waals surface area contributed by atoms with Gasteiger partial charge in [-0.25, -0.2) is 9.59 Å². The maximum absolute atomic E-state index is 9.10. The van der Waals surface area contributed by atoms with E-state index in [2.05, 4.69) is 19.0 Å². The predicted molar refractivity (Wildman–Crippen MR) is 86.3 cm³/mol. The third-order valence-electron chi connectivity index (χ3n) is 2.76. The van der Waals surface area contributed by atoms with Gasteiger partial charge in [0.15, 0.2) is 11.5 Å². The van der Waals surface area contributed by atoms with Gasteiger partial charge in [0.05, 0.1) is 13.7 Å². The van der Waals surface area contributed by atoms with Crippen molar-refractivity contribution in [1.82, 2.24) is 4.90 Å². The van der Waals surface area contributed by atoms with Crippen LogP contribution in [0.3, 0.4) is 0 Å². The van der Waals surface area contributed by atoms with Gasteiger partial charge in [-0.1, -0.05) is 6.07 Å². The molecule has 1 aromatic rings. The van der Waals surface area contributed by atoms with Crippen molar-refractivity contribution in [1.29, 1.82) is 0 Å². The van der Waals surface area contributed by atoms with Crippen LogP contribution in [-0.2, 0) is 9.59 Å². The molecule has 0 heterocycles. The van der Waals surface area contributed by atoms with Crippen LogP contribution in [-0.4, -0.2) is 61.4 Å². The summed E-state index contributed by atoms with van der Waals surface area (Å²) >= 11 is 0. The number of hydrogen-bond donors (Lipinski definition) is 2. The number of unbranched alkanes of at least 4 members (excludes halogenated alkanes) is 1. The molecule has 0 atom stereocenters. The van der Waals surface area contributed by atoms with Gasteiger partial charge in [0.2, 0.25) is 0 Å². The van der Waals surface area contributed by atoms with E-state index in [0.717, 1.165) is 37.5 Å². The Labute approximate surface area is 136 Å². The number of methoxy groups -OCH3 is 1. The molecule has 1 aromatic carbocycles. The first-order valence-electron chi connectivity index (χ1n) is 7.16. The Kier molecular flexibility index (Phi) is 10.2. The first-order valence-corrected chi connectivity index (χ1v) is 7.16. The Balaban J connectivity index is 0.000000688. The summed E-state index contributed by atoms with van der Waals surface area (Å²) in [7, 11) is 5.85. The molecule has 2 N–H and O–H groups in total. The van der Waals surface area contributed by atoms with Gasteiger partial charge in [0.1, 0.15) is 0 Å². The Morgan fingerprint density at radius 3 is 2.17 bits per heavy atom. The molecule has 0 saturated carbocycles. The largest absolute Gasteiger partial charge is 0.493 e. The topological polar surface area (TPSA) is 96.3 Å². The quantitative estimate of drug-likeness (QED) is 0.583. The number of hydrogen-bond acceptors (Lipinski definition) is 5. The Hall–Kier alpha value is -2.28. The highest BCUT2D eigenvalue weighted by molar-refractivity contribution is 6.27. The van der Waals surface area contributed by atoms with Gasteiger partial charge in [0, 0.05) is 0 Å². The van der Waals surface area contributed by atoms with Crippen molar-refractivity contribution in [2.24, 2.45) is 0 Å². The van der Waals surface area contributed by atoms with E-state index in [1.807, 2.05) is 25.1 Å². The minimum atomic E-state index is -1.82. The van der Waals surface area contributed by atoms with Crippen molar-refractivity contribution in [3.63, 3.8) is 0 Å². The average molecular weight is 327 g/mol. The van der Waals surface area contributed by atoms with Crippen LogP contribution < -0.4 is 9.47 Å². The van der Waals surface area contributed by atoms with Crippen LogP contribution >= 0.6 is 0 Å². The number of nitrogens with zero attached hydrogens (tertiary/aromatic N) is 1. The Morgan fingerprint density at radius 1 is 1.09 bits per heavy atom. The molecule has 0 saturated heterocycles. The monoisotopic (exact) mass is 327 g/mol. The number of benzene rings is 1. The standard InChI is InChI=1S/C14H23NO2.C2H2O4/c1-12-7-8-13(14(11-12)16-4)17-10-6-5-9-15(2)3;3-1(4)2(5)6/h7-8,11H,5-6,9-10H2,1-4H3;(H,3,4)(H,5,6). The van der Waals surface area contributed by atoms with E-state index in [9.17, 15) is 0 Å². The number of carboxylic acids is 2. The molecule has 0 radical (unpaired) electrons. The van der Waals surface area contributed by atoms with Gasteiger partial charge in [0.25, 0.3) is 0 Å². The average Bonchev–Trinajstić information content (AvgIpc) is 2.48. The molecule has 0 spiro atoms. The van der Waals surface area contributed by atoms with E-state index in [1.54, 1.807) is 7.11 Å². The van der Waals surface area contributed by atoms with Crippen molar-refractivity contribution >= 4 is 11.9 Å². The molecule has 0 bridgehead atoms. The van der Waals surface area contributed by atoms with Gasteiger partial charge in [-0.2, -0.15) is 0 Å². The number of aryl methyl sites for hydroxylation is 1. The van der Waals surface area contributed by atoms with Gasteiger partial charge >= 0.3 is 11.9 Å². The first kappa shape index (κ1) is 20.7. The summed E-state index contributed by atoms with van der Waals surface area (Å²) in [4.78, 5) is 20.4. The van der Waals surface area contributed by atoms with Crippen LogP contribution in [0.2, 0.25) is 0 Å². The molecule has 0 unspecified atom stereocenters. The smallest absolute Gasteiger partial charge is 0.414 e. The highest BCUT2D eigenvalue weighted by atomic mass is 16.5. The lowest BCUT2D eigenvalue weighted by molar-refractivity contribution is -0.159. The van der Waals surface area contributed by atoms with Crippen LogP contribution in [0, 0.1) is 6.92 Å². The molecule has 23 heavy (non-hydrogen) atoms. The molecule has 0 fully saturated rings. The van der Waals surface area contributed by atoms with Gasteiger partial charge in [-0.3, -0.25) is 0 Å². The Morgan fingerprint density at radius 2 is 1.70 bits per heavy atom. The molecule has 1 rings (SSSR count). The molecule has 7 heteroatoms. The number of rotatable bonds is 7. The van der Waals surface area contributed by atoms with E-state index in [1.165, 1.54) is 5.56 Å². The van der Waals surface area contributed by atoms with Crippen molar-refractivity contribution in [3.05, 3.63) is 23.8 Å². The molecule has 0 aliphatic rings. The lowest BCUT2D eigenvalue weighted by Gasteiger charge is -2.12. The van der Waals surface area contributed by atoms with Gasteiger partial charge < -0.3 is 24.6 Å². The molecule has 0 aromatic heterocycles. The summed E-state index contributed by atoms with van der Waals surface area (Å²) in [5.74, 6) is -1.99. The molecule has 130 valence electrons. The number of aliphatic carboxylic acids is 2. The highest BCUT2D eigenvalue weighted by Gasteiger charge is 2.04. The van der Waals surface area contributed by atoms with Crippen molar-refractivity contribution in [2.45, 2.75) is 19.8 Å². The normalized spacial score (nSPS) is 9.78. The zero-order valence-electron chi connectivity index (χ0n) is 14.0. The van der Waals surface area contributed by atoms with E-state index >= 15 is 0 Å². The number of ether oxygens (including phenoxy) is 2. The lowest BCUT2D eigenvalue weighted by atomic mass is 10.2. The maximum atomic E-state index is 9.10. The minimum absolute atomic E-state index is 0.743. The zero-order chi connectivity index (χ0) is 17.8. The van der Waals surface area contributed by atoms with Crippen molar-refractivity contribution in [2.75, 3.05) is 34.4 Å². The SMILES string of the molecule is COc1cc(C)ccc1OCCCCN(C)C.O=C(O)C(=O)O. The van der Waals surface area contributed by atoms with Crippen LogP contribution in [0.15, 0.2) is 18.2 Å². The molecular formula is C16H25NO6. The highest BCUT2D eigenvalue weighted by Crippen LogP contribution is 2.27. The van der Waals surface area contributed by atoms with Crippen LogP contribution in [0.25, 0.3) is 0 Å². The second kappa shape index (κ2) is 11.3. The van der Waals surface area contributed by atoms with E-state index in [4.69, 9.17) is 29.3 Å². The third-order valence-corrected chi connectivity index (χ3v) is 2.76. The van der Waals surface area contributed by atoms with Gasteiger partial charge in [-0.05, 0) is 58.1 Å². The number of carboxylic acid groups (broad SMARTS) is 2. The number of carbonyl (C=O) groups is 2. The summed E-state index contributed by atoms with van der Waals surface area (Å²) in [6.45, 7) is 3.89. The predicted octanol–water partition coefficient (Wildman–Crippen LogP) is 1.88. The molecule has 0 aliphatic carbocycles. The van der Waals surface area contributed by atoms with Gasteiger partial charge in [-0.15, -0.1) is 0 Å². The Bertz CT molecular complexity index is 489. The summed E-state index contributed by atoms with van der Waals surface area (Å²) in [5, 5.41) is 14.8.